The molecule has 2 aliphatic heterocycles. The predicted octanol–water partition coefficient (Wildman–Crippen LogP) is 5.61. The van der Waals surface area contributed by atoms with Gasteiger partial charge in [-0.3, -0.25) is 9.69 Å². The van der Waals surface area contributed by atoms with Gasteiger partial charge >= 0.3 is 0 Å². The van der Waals surface area contributed by atoms with Gasteiger partial charge in [-0.05, 0) is 68.8 Å². The van der Waals surface area contributed by atoms with Gasteiger partial charge in [-0.15, -0.1) is 0 Å². The highest BCUT2D eigenvalue weighted by Gasteiger charge is 2.29. The molecule has 33 heavy (non-hydrogen) atoms. The fourth-order valence-corrected chi connectivity index (χ4v) is 5.58. The number of hydrogen-bond acceptors (Lipinski definition) is 2. The Morgan fingerprint density at radius 3 is 2.27 bits per heavy atom. The Kier molecular flexibility index (Phi) is 6.82. The Morgan fingerprint density at radius 1 is 0.848 bits per heavy atom. The Bertz CT molecular complexity index is 1070. The molecule has 0 N–H and O–H groups in total. The van der Waals surface area contributed by atoms with E-state index in [2.05, 4.69) is 75.9 Å². The highest BCUT2D eigenvalue weighted by molar-refractivity contribution is 5.81. The van der Waals surface area contributed by atoms with Gasteiger partial charge in [0, 0.05) is 43.3 Å². The lowest BCUT2D eigenvalue weighted by atomic mass is 9.95. The summed E-state index contributed by atoms with van der Waals surface area (Å²) in [7, 11) is 0. The zero-order chi connectivity index (χ0) is 22.6. The minimum Gasteiger partial charge on any atom is -0.342 e. The average Bonchev–Trinajstić information content (AvgIpc) is 3.00. The third kappa shape index (κ3) is 5.16. The molecule has 2 aliphatic rings. The van der Waals surface area contributed by atoms with Crippen LogP contribution in [0.25, 0.3) is 10.9 Å². The smallest absolute Gasteiger partial charge is 0.225 e. The average molecular weight is 444 g/mol. The number of para-hydroxylation sites is 1. The predicted molar refractivity (Wildman–Crippen MR) is 135 cm³/mol. The van der Waals surface area contributed by atoms with Crippen LogP contribution in [0.2, 0.25) is 0 Å². The summed E-state index contributed by atoms with van der Waals surface area (Å²) in [6.07, 6.45) is 6.89. The van der Waals surface area contributed by atoms with Crippen LogP contribution < -0.4 is 0 Å². The van der Waals surface area contributed by atoms with Crippen LogP contribution >= 0.6 is 0 Å². The summed E-state index contributed by atoms with van der Waals surface area (Å²) >= 11 is 0. The molecule has 1 amide bonds. The van der Waals surface area contributed by atoms with Gasteiger partial charge in [0.1, 0.15) is 0 Å². The third-order valence-electron chi connectivity index (χ3n) is 7.60. The molecule has 4 heteroatoms. The van der Waals surface area contributed by atoms with Crippen molar-refractivity contribution in [2.75, 3.05) is 26.2 Å². The molecule has 5 rings (SSSR count). The molecule has 3 aromatic rings. The van der Waals surface area contributed by atoms with E-state index in [-0.39, 0.29) is 5.92 Å². The zero-order valence-corrected chi connectivity index (χ0v) is 20.0. The number of hydrogen-bond donors (Lipinski definition) is 0. The van der Waals surface area contributed by atoms with Crippen LogP contribution in [0, 0.1) is 12.8 Å². The molecule has 2 aromatic carbocycles. The first-order valence-corrected chi connectivity index (χ1v) is 12.8. The van der Waals surface area contributed by atoms with Crippen molar-refractivity contribution >= 4 is 16.8 Å². The van der Waals surface area contributed by atoms with Crippen molar-refractivity contribution < 1.29 is 4.79 Å². The van der Waals surface area contributed by atoms with E-state index in [4.69, 9.17) is 0 Å². The number of aryl methyl sites for hydroxylation is 1. The van der Waals surface area contributed by atoms with Crippen molar-refractivity contribution in [3.05, 3.63) is 71.4 Å². The molecule has 2 saturated heterocycles. The molecule has 4 nitrogen and oxygen atoms in total. The van der Waals surface area contributed by atoms with Gasteiger partial charge in [0.25, 0.3) is 0 Å². The molecule has 174 valence electrons. The quantitative estimate of drug-likeness (QED) is 0.513. The second kappa shape index (κ2) is 10.1. The second-order valence-electron chi connectivity index (χ2n) is 10.1. The summed E-state index contributed by atoms with van der Waals surface area (Å²) in [5.41, 5.74) is 5.31. The molecule has 2 fully saturated rings. The summed E-state index contributed by atoms with van der Waals surface area (Å²) in [5, 5.41) is 1.31. The Labute approximate surface area is 198 Å². The number of aromatic nitrogens is 1. The normalized spacial score (nSPS) is 18.5. The summed E-state index contributed by atoms with van der Waals surface area (Å²) in [6.45, 7) is 7.95. The van der Waals surface area contributed by atoms with E-state index in [1.807, 2.05) is 0 Å². The maximum atomic E-state index is 13.1. The summed E-state index contributed by atoms with van der Waals surface area (Å²) in [5.74, 6) is 0.641. The van der Waals surface area contributed by atoms with Crippen LogP contribution in [0.5, 0.6) is 0 Å². The van der Waals surface area contributed by atoms with Gasteiger partial charge in [0.15, 0.2) is 0 Å². The van der Waals surface area contributed by atoms with Crippen molar-refractivity contribution in [3.63, 3.8) is 0 Å². The van der Waals surface area contributed by atoms with Crippen molar-refractivity contribution in [1.82, 2.24) is 14.4 Å². The van der Waals surface area contributed by atoms with Crippen molar-refractivity contribution in [3.8, 4) is 0 Å². The number of nitrogens with zero attached hydrogens (tertiary/aromatic N) is 3. The van der Waals surface area contributed by atoms with Crippen LogP contribution in [0.3, 0.4) is 0 Å². The van der Waals surface area contributed by atoms with Crippen molar-refractivity contribution in [1.29, 1.82) is 0 Å². The third-order valence-corrected chi connectivity index (χ3v) is 7.60. The lowest BCUT2D eigenvalue weighted by molar-refractivity contribution is -0.137. The highest BCUT2D eigenvalue weighted by Crippen LogP contribution is 2.26. The van der Waals surface area contributed by atoms with E-state index in [9.17, 15) is 4.79 Å². The number of rotatable bonds is 5. The number of piperidine rings is 1. The molecule has 0 unspecified atom stereocenters. The van der Waals surface area contributed by atoms with Crippen LogP contribution in [0.15, 0.2) is 54.6 Å². The SMILES string of the molecule is Cc1ccc(Cn2c(CN3CCC(C(=O)N4CCCCCC4)CC3)cc3ccccc32)cc1. The number of carbonyl (C=O) groups excluding carboxylic acids is 1. The van der Waals surface area contributed by atoms with E-state index < -0.39 is 0 Å². The molecule has 3 heterocycles. The van der Waals surface area contributed by atoms with Crippen LogP contribution in [0.4, 0.5) is 0 Å². The zero-order valence-electron chi connectivity index (χ0n) is 20.0. The summed E-state index contributed by atoms with van der Waals surface area (Å²) < 4.78 is 2.48. The van der Waals surface area contributed by atoms with E-state index in [1.54, 1.807) is 0 Å². The standard InChI is InChI=1S/C29H37N3O/c1-23-10-12-24(13-11-23)21-32-27(20-26-8-4-5-9-28(26)32)22-30-18-14-25(15-19-30)29(33)31-16-6-2-3-7-17-31/h4-5,8-13,20,25H,2-3,6-7,14-19,21-22H2,1H3. The maximum absolute atomic E-state index is 13.1. The molecule has 0 radical (unpaired) electrons. The van der Waals surface area contributed by atoms with Crippen LogP contribution in [0.1, 0.15) is 55.3 Å². The van der Waals surface area contributed by atoms with Crippen LogP contribution in [-0.2, 0) is 17.9 Å². The Balaban J connectivity index is 1.27. The highest BCUT2D eigenvalue weighted by atomic mass is 16.2. The van der Waals surface area contributed by atoms with E-state index in [0.29, 0.717) is 5.91 Å². The van der Waals surface area contributed by atoms with Gasteiger partial charge in [0.05, 0.1) is 0 Å². The van der Waals surface area contributed by atoms with Gasteiger partial charge in [-0.1, -0.05) is 60.9 Å². The fraction of sp³-hybridized carbons (Fsp3) is 0.483. The first kappa shape index (κ1) is 22.2. The van der Waals surface area contributed by atoms with Gasteiger partial charge in [-0.2, -0.15) is 0 Å². The first-order valence-electron chi connectivity index (χ1n) is 12.8. The molecule has 0 aliphatic carbocycles. The Morgan fingerprint density at radius 2 is 1.55 bits per heavy atom. The van der Waals surface area contributed by atoms with Gasteiger partial charge < -0.3 is 9.47 Å². The van der Waals surface area contributed by atoms with Crippen molar-refractivity contribution in [2.24, 2.45) is 5.92 Å². The molecule has 0 bridgehead atoms. The molecule has 0 spiro atoms. The monoisotopic (exact) mass is 443 g/mol. The number of amides is 1. The first-order chi connectivity index (χ1) is 16.2. The molecule has 0 saturated carbocycles. The minimum atomic E-state index is 0.220. The summed E-state index contributed by atoms with van der Waals surface area (Å²) in [4.78, 5) is 17.8. The molecular weight excluding hydrogens is 406 g/mol. The lowest BCUT2D eigenvalue weighted by Crippen LogP contribution is -2.42. The van der Waals surface area contributed by atoms with Gasteiger partial charge in [0.2, 0.25) is 5.91 Å². The van der Waals surface area contributed by atoms with Crippen molar-refractivity contribution in [2.45, 2.75) is 58.5 Å². The number of fused-ring (bicyclic) bond motifs is 1. The van der Waals surface area contributed by atoms with Gasteiger partial charge in [-0.25, -0.2) is 0 Å². The fourth-order valence-electron chi connectivity index (χ4n) is 5.58. The van der Waals surface area contributed by atoms with E-state index >= 15 is 0 Å². The largest absolute Gasteiger partial charge is 0.342 e. The minimum absolute atomic E-state index is 0.220. The molecular formula is C29H37N3O. The molecule has 0 atom stereocenters. The number of carbonyl (C=O) groups is 1. The summed E-state index contributed by atoms with van der Waals surface area (Å²) in [6, 6.07) is 20.0. The Hall–Kier alpha value is -2.59. The number of benzene rings is 2. The second-order valence-corrected chi connectivity index (χ2v) is 10.1. The topological polar surface area (TPSA) is 28.5 Å². The van der Waals surface area contributed by atoms with Crippen LogP contribution in [-0.4, -0.2) is 46.5 Å². The number of likely N-dealkylation sites (tertiary alicyclic amines) is 2. The lowest BCUT2D eigenvalue weighted by Gasteiger charge is -2.34. The van der Waals surface area contributed by atoms with E-state index in [1.165, 1.54) is 53.4 Å². The maximum Gasteiger partial charge on any atom is 0.225 e. The molecule has 1 aromatic heterocycles. The van der Waals surface area contributed by atoms with E-state index in [0.717, 1.165) is 52.1 Å².